The summed E-state index contributed by atoms with van der Waals surface area (Å²) in [4.78, 5) is 22.7. The molecule has 19 heavy (non-hydrogen) atoms. The number of amides is 1. The molecule has 0 aliphatic carbocycles. The smallest absolute Gasteiger partial charge is 0.224 e. The lowest BCUT2D eigenvalue weighted by Crippen LogP contribution is -2.11. The molecule has 1 aromatic carbocycles. The van der Waals surface area contributed by atoms with E-state index in [2.05, 4.69) is 5.32 Å². The van der Waals surface area contributed by atoms with Crippen LogP contribution in [0.4, 0.5) is 5.69 Å². The minimum Gasteiger partial charge on any atom is -0.493 e. The molecule has 0 bridgehead atoms. The second kappa shape index (κ2) is 7.41. The van der Waals surface area contributed by atoms with Crippen LogP contribution in [0.25, 0.3) is 0 Å². The molecule has 0 fully saturated rings. The predicted octanol–water partition coefficient (Wildman–Crippen LogP) is 2.65. The molecule has 1 amide bonds. The second-order valence-electron chi connectivity index (χ2n) is 4.07. The number of hydrogen-bond donors (Lipinski definition) is 1. The molecule has 1 aromatic rings. The first-order valence-electron chi connectivity index (χ1n) is 6.17. The summed E-state index contributed by atoms with van der Waals surface area (Å²) in [5.41, 5.74) is 0.869. The topological polar surface area (TPSA) is 64.6 Å². The lowest BCUT2D eigenvalue weighted by atomic mass is 10.1. The fourth-order valence-corrected chi connectivity index (χ4v) is 1.71. The molecular weight excluding hydrogens is 246 g/mol. The van der Waals surface area contributed by atoms with Crippen molar-refractivity contribution in [1.29, 1.82) is 0 Å². The summed E-state index contributed by atoms with van der Waals surface area (Å²) in [5, 5.41) is 2.74. The fraction of sp³-hybridized carbons (Fsp3) is 0.429. The highest BCUT2D eigenvalue weighted by Gasteiger charge is 2.13. The van der Waals surface area contributed by atoms with Crippen LogP contribution in [-0.2, 0) is 4.79 Å². The van der Waals surface area contributed by atoms with Crippen LogP contribution in [0, 0.1) is 0 Å². The van der Waals surface area contributed by atoms with Crippen molar-refractivity contribution < 1.29 is 19.1 Å². The number of hydrogen-bond acceptors (Lipinski definition) is 4. The van der Waals surface area contributed by atoms with E-state index >= 15 is 0 Å². The number of benzene rings is 1. The quantitative estimate of drug-likeness (QED) is 0.770. The highest BCUT2D eigenvalue weighted by atomic mass is 16.5. The lowest BCUT2D eigenvalue weighted by molar-refractivity contribution is -0.116. The third-order valence-corrected chi connectivity index (χ3v) is 2.68. The van der Waals surface area contributed by atoms with Crippen LogP contribution in [0.2, 0.25) is 0 Å². The summed E-state index contributed by atoms with van der Waals surface area (Å²) in [7, 11) is 2.94. The maximum atomic E-state index is 11.7. The number of unbranched alkanes of at least 4 members (excludes halogenated alkanes) is 1. The first kappa shape index (κ1) is 15.0. The number of aldehydes is 1. The molecular formula is C14H19NO4. The van der Waals surface area contributed by atoms with E-state index in [4.69, 9.17) is 9.47 Å². The molecule has 1 rings (SSSR count). The Hall–Kier alpha value is -2.04. The molecule has 5 heteroatoms. The van der Waals surface area contributed by atoms with Gasteiger partial charge in [0, 0.05) is 18.2 Å². The second-order valence-corrected chi connectivity index (χ2v) is 4.07. The molecule has 1 N–H and O–H groups in total. The minimum atomic E-state index is -0.0779. The van der Waals surface area contributed by atoms with E-state index in [-0.39, 0.29) is 5.91 Å². The first-order chi connectivity index (χ1) is 9.15. The van der Waals surface area contributed by atoms with Gasteiger partial charge >= 0.3 is 0 Å². The van der Waals surface area contributed by atoms with Crippen molar-refractivity contribution in [3.05, 3.63) is 17.7 Å². The SMILES string of the molecule is CCCCC(=O)Nc1cc(C=O)c(OC)c(OC)c1. The fourth-order valence-electron chi connectivity index (χ4n) is 1.71. The predicted molar refractivity (Wildman–Crippen MR) is 73.1 cm³/mol. The number of rotatable bonds is 7. The molecule has 0 atom stereocenters. The zero-order chi connectivity index (χ0) is 14.3. The summed E-state index contributed by atoms with van der Waals surface area (Å²) in [6.07, 6.45) is 2.92. The Bertz CT molecular complexity index is 457. The summed E-state index contributed by atoms with van der Waals surface area (Å²) in [5.74, 6) is 0.702. The van der Waals surface area contributed by atoms with Crippen LogP contribution in [0.15, 0.2) is 12.1 Å². The van der Waals surface area contributed by atoms with Gasteiger partial charge in [0.15, 0.2) is 17.8 Å². The average molecular weight is 265 g/mol. The Morgan fingerprint density at radius 1 is 1.32 bits per heavy atom. The van der Waals surface area contributed by atoms with Crippen molar-refractivity contribution in [2.75, 3.05) is 19.5 Å². The lowest BCUT2D eigenvalue weighted by Gasteiger charge is -2.12. The van der Waals surface area contributed by atoms with Gasteiger partial charge < -0.3 is 14.8 Å². The van der Waals surface area contributed by atoms with Crippen LogP contribution >= 0.6 is 0 Å². The van der Waals surface area contributed by atoms with Crippen molar-refractivity contribution in [3.8, 4) is 11.5 Å². The van der Waals surface area contributed by atoms with Crippen LogP contribution in [-0.4, -0.2) is 26.4 Å². The molecule has 0 aromatic heterocycles. The van der Waals surface area contributed by atoms with Crippen molar-refractivity contribution in [3.63, 3.8) is 0 Å². The number of nitrogens with one attached hydrogen (secondary N) is 1. The third-order valence-electron chi connectivity index (χ3n) is 2.68. The zero-order valence-corrected chi connectivity index (χ0v) is 11.5. The molecule has 0 aliphatic heterocycles. The van der Waals surface area contributed by atoms with Crippen molar-refractivity contribution in [2.24, 2.45) is 0 Å². The number of ether oxygens (including phenoxy) is 2. The Kier molecular flexibility index (Phi) is 5.85. The normalized spacial score (nSPS) is 9.84. The van der Waals surface area contributed by atoms with Crippen LogP contribution in [0.3, 0.4) is 0 Å². The molecule has 0 saturated heterocycles. The molecule has 104 valence electrons. The van der Waals surface area contributed by atoms with Gasteiger partial charge in [-0.1, -0.05) is 13.3 Å². The third kappa shape index (κ3) is 3.98. The molecule has 0 saturated carbocycles. The maximum Gasteiger partial charge on any atom is 0.224 e. The first-order valence-corrected chi connectivity index (χ1v) is 6.17. The zero-order valence-electron chi connectivity index (χ0n) is 11.5. The van der Waals surface area contributed by atoms with Crippen LogP contribution < -0.4 is 14.8 Å². The summed E-state index contributed by atoms with van der Waals surface area (Å²) in [6.45, 7) is 2.02. The molecule has 0 heterocycles. The Balaban J connectivity index is 2.96. The van der Waals surface area contributed by atoms with E-state index < -0.39 is 0 Å². The van der Waals surface area contributed by atoms with Gasteiger partial charge in [-0.3, -0.25) is 9.59 Å². The Morgan fingerprint density at radius 3 is 2.58 bits per heavy atom. The van der Waals surface area contributed by atoms with Gasteiger partial charge in [0.2, 0.25) is 5.91 Å². The van der Waals surface area contributed by atoms with Crippen molar-refractivity contribution >= 4 is 17.9 Å². The molecule has 0 spiro atoms. The van der Waals surface area contributed by atoms with Crippen molar-refractivity contribution in [1.82, 2.24) is 0 Å². The monoisotopic (exact) mass is 265 g/mol. The van der Waals surface area contributed by atoms with Gasteiger partial charge in [-0.25, -0.2) is 0 Å². The summed E-state index contributed by atoms with van der Waals surface area (Å²) < 4.78 is 10.3. The summed E-state index contributed by atoms with van der Waals surface area (Å²) in [6, 6.07) is 3.20. The van der Waals surface area contributed by atoms with Gasteiger partial charge in [0.25, 0.3) is 0 Å². The van der Waals surface area contributed by atoms with E-state index in [0.717, 1.165) is 12.8 Å². The van der Waals surface area contributed by atoms with Gasteiger partial charge in [0.05, 0.1) is 19.8 Å². The van der Waals surface area contributed by atoms with Crippen molar-refractivity contribution in [2.45, 2.75) is 26.2 Å². The number of anilines is 1. The maximum absolute atomic E-state index is 11.7. The minimum absolute atomic E-state index is 0.0779. The van der Waals surface area contributed by atoms with E-state index in [1.807, 2.05) is 6.92 Å². The van der Waals surface area contributed by atoms with E-state index in [1.54, 1.807) is 12.1 Å². The average Bonchev–Trinajstić information content (AvgIpc) is 2.43. The largest absolute Gasteiger partial charge is 0.493 e. The molecule has 5 nitrogen and oxygen atoms in total. The molecule has 0 aliphatic rings. The highest BCUT2D eigenvalue weighted by Crippen LogP contribution is 2.33. The standard InChI is InChI=1S/C14H19NO4/c1-4-5-6-13(17)15-11-7-10(9-16)14(19-3)12(8-11)18-2/h7-9H,4-6H2,1-3H3,(H,15,17). The number of carbonyl (C=O) groups excluding carboxylic acids is 2. The van der Waals surface area contributed by atoms with E-state index in [9.17, 15) is 9.59 Å². The van der Waals surface area contributed by atoms with Gasteiger partial charge in [-0.05, 0) is 12.5 Å². The van der Waals surface area contributed by atoms with E-state index in [1.165, 1.54) is 14.2 Å². The van der Waals surface area contributed by atoms with Gasteiger partial charge in [-0.15, -0.1) is 0 Å². The number of carbonyl (C=O) groups is 2. The van der Waals surface area contributed by atoms with E-state index in [0.29, 0.717) is 35.5 Å². The highest BCUT2D eigenvalue weighted by molar-refractivity contribution is 5.93. The molecule has 0 radical (unpaired) electrons. The van der Waals surface area contributed by atoms with Gasteiger partial charge in [0.1, 0.15) is 0 Å². The number of methoxy groups -OCH3 is 2. The van der Waals surface area contributed by atoms with Crippen LogP contribution in [0.1, 0.15) is 36.5 Å². The van der Waals surface area contributed by atoms with Gasteiger partial charge in [-0.2, -0.15) is 0 Å². The molecule has 0 unspecified atom stereocenters. The Morgan fingerprint density at radius 2 is 2.05 bits per heavy atom. The summed E-state index contributed by atoms with van der Waals surface area (Å²) >= 11 is 0. The Labute approximate surface area is 112 Å². The van der Waals surface area contributed by atoms with Crippen LogP contribution in [0.5, 0.6) is 11.5 Å².